The van der Waals surface area contributed by atoms with Crippen LogP contribution in [0, 0.1) is 0 Å². The van der Waals surface area contributed by atoms with Crippen LogP contribution in [0.5, 0.6) is 0 Å². The van der Waals surface area contributed by atoms with E-state index in [1.807, 2.05) is 0 Å². The number of likely N-dealkylation sites (tertiary alicyclic amines) is 1. The molecule has 0 aliphatic carbocycles. The van der Waals surface area contributed by atoms with Gasteiger partial charge in [0.25, 0.3) is 0 Å². The predicted octanol–water partition coefficient (Wildman–Crippen LogP) is -0.746. The number of hydrogen-bond acceptors (Lipinski definition) is 3. The third kappa shape index (κ3) is 1.28. The maximum Gasteiger partial charge on any atom is 0.0564 e. The smallest absolute Gasteiger partial charge is 0.0564 e. The minimum absolute atomic E-state index is 0.439. The van der Waals surface area contributed by atoms with Gasteiger partial charge in [-0.1, -0.05) is 6.92 Å². The van der Waals surface area contributed by atoms with Crippen LogP contribution in [0.25, 0.3) is 0 Å². The van der Waals surface area contributed by atoms with Gasteiger partial charge in [-0.3, -0.25) is 4.90 Å². The average molecular weight is 155 g/mol. The Bertz CT molecular complexity index is 132. The minimum Gasteiger partial charge on any atom is -0.314 e. The average Bonchev–Trinajstić information content (AvgIpc) is 2.01. The molecule has 3 nitrogen and oxygen atoms in total. The fourth-order valence-electron chi connectivity index (χ4n) is 2.06. The summed E-state index contributed by atoms with van der Waals surface area (Å²) in [6.45, 7) is 9.31. The topological polar surface area (TPSA) is 27.3 Å². The first-order chi connectivity index (χ1) is 5.35. The van der Waals surface area contributed by atoms with Crippen molar-refractivity contribution in [2.45, 2.75) is 12.5 Å². The lowest BCUT2D eigenvalue weighted by Crippen LogP contribution is -2.75. The molecule has 0 aromatic heterocycles. The van der Waals surface area contributed by atoms with Crippen LogP contribution in [-0.2, 0) is 0 Å². The largest absolute Gasteiger partial charge is 0.314 e. The molecule has 2 rings (SSSR count). The molecule has 2 fully saturated rings. The molecule has 0 amide bonds. The van der Waals surface area contributed by atoms with E-state index in [2.05, 4.69) is 22.5 Å². The van der Waals surface area contributed by atoms with E-state index in [9.17, 15) is 0 Å². The normalized spacial score (nSPS) is 30.3. The lowest BCUT2D eigenvalue weighted by Gasteiger charge is -2.52. The fourth-order valence-corrected chi connectivity index (χ4v) is 2.06. The number of piperazine rings is 1. The Morgan fingerprint density at radius 2 is 2.18 bits per heavy atom. The van der Waals surface area contributed by atoms with E-state index >= 15 is 0 Å². The minimum atomic E-state index is 0.439. The second-order valence-corrected chi connectivity index (χ2v) is 3.69. The van der Waals surface area contributed by atoms with Crippen LogP contribution in [0.2, 0.25) is 0 Å². The van der Waals surface area contributed by atoms with Gasteiger partial charge in [-0.2, -0.15) is 0 Å². The number of likely N-dealkylation sites (N-methyl/N-ethyl adjacent to an activating group) is 1. The molecule has 2 heterocycles. The van der Waals surface area contributed by atoms with Crippen LogP contribution < -0.4 is 10.6 Å². The van der Waals surface area contributed by atoms with Crippen LogP contribution in [-0.4, -0.2) is 49.7 Å². The van der Waals surface area contributed by atoms with Crippen molar-refractivity contribution in [2.24, 2.45) is 0 Å². The number of hydrogen-bond donors (Lipinski definition) is 2. The van der Waals surface area contributed by atoms with Gasteiger partial charge in [0, 0.05) is 32.7 Å². The Hall–Kier alpha value is -0.120. The molecule has 0 atom stereocenters. The highest BCUT2D eigenvalue weighted by atomic mass is 15.3. The van der Waals surface area contributed by atoms with Gasteiger partial charge in [-0.15, -0.1) is 0 Å². The number of nitrogens with one attached hydrogen (secondary N) is 2. The van der Waals surface area contributed by atoms with E-state index in [1.165, 1.54) is 19.6 Å². The summed E-state index contributed by atoms with van der Waals surface area (Å²) in [6.07, 6.45) is 0. The quantitative estimate of drug-likeness (QED) is 0.522. The van der Waals surface area contributed by atoms with Crippen molar-refractivity contribution in [2.75, 3.05) is 39.3 Å². The molecule has 0 aromatic carbocycles. The van der Waals surface area contributed by atoms with E-state index in [-0.39, 0.29) is 0 Å². The third-order valence-electron chi connectivity index (χ3n) is 2.76. The van der Waals surface area contributed by atoms with Crippen molar-refractivity contribution in [1.29, 1.82) is 0 Å². The van der Waals surface area contributed by atoms with Gasteiger partial charge >= 0.3 is 0 Å². The summed E-state index contributed by atoms with van der Waals surface area (Å²) in [4.78, 5) is 2.47. The molecule has 2 N–H and O–H groups in total. The van der Waals surface area contributed by atoms with E-state index in [0.717, 1.165) is 19.6 Å². The maximum absolute atomic E-state index is 3.59. The molecule has 0 unspecified atom stereocenters. The molecule has 0 saturated carbocycles. The Balaban J connectivity index is 1.84. The van der Waals surface area contributed by atoms with Gasteiger partial charge in [0.2, 0.25) is 0 Å². The summed E-state index contributed by atoms with van der Waals surface area (Å²) in [5.74, 6) is 0. The molecule has 11 heavy (non-hydrogen) atoms. The van der Waals surface area contributed by atoms with Crippen LogP contribution in [0.3, 0.4) is 0 Å². The third-order valence-corrected chi connectivity index (χ3v) is 2.76. The molecule has 0 aromatic rings. The van der Waals surface area contributed by atoms with Gasteiger partial charge in [-0.05, 0) is 6.54 Å². The van der Waals surface area contributed by atoms with E-state index in [1.54, 1.807) is 0 Å². The molecular weight excluding hydrogens is 138 g/mol. The van der Waals surface area contributed by atoms with Gasteiger partial charge < -0.3 is 10.6 Å². The molecule has 64 valence electrons. The first-order valence-electron chi connectivity index (χ1n) is 4.53. The Morgan fingerprint density at radius 1 is 1.36 bits per heavy atom. The van der Waals surface area contributed by atoms with Crippen molar-refractivity contribution in [3.63, 3.8) is 0 Å². The first-order valence-corrected chi connectivity index (χ1v) is 4.53. The highest BCUT2D eigenvalue weighted by molar-refractivity contribution is 5.05. The maximum atomic E-state index is 3.59. The van der Waals surface area contributed by atoms with E-state index < -0.39 is 0 Å². The molecule has 2 aliphatic heterocycles. The summed E-state index contributed by atoms with van der Waals surface area (Å²) in [6, 6.07) is 0. The molecule has 3 heteroatoms. The Labute approximate surface area is 68.1 Å². The van der Waals surface area contributed by atoms with E-state index in [0.29, 0.717) is 5.54 Å². The van der Waals surface area contributed by atoms with Crippen molar-refractivity contribution in [3.8, 4) is 0 Å². The molecule has 2 saturated heterocycles. The Kier molecular flexibility index (Phi) is 1.87. The van der Waals surface area contributed by atoms with E-state index in [4.69, 9.17) is 0 Å². The molecular formula is C8H17N3. The summed E-state index contributed by atoms with van der Waals surface area (Å²) in [5, 5.41) is 7.03. The monoisotopic (exact) mass is 155 g/mol. The van der Waals surface area contributed by atoms with Crippen LogP contribution in [0.4, 0.5) is 0 Å². The highest BCUT2D eigenvalue weighted by Gasteiger charge is 2.42. The number of rotatable bonds is 1. The Morgan fingerprint density at radius 3 is 2.73 bits per heavy atom. The number of nitrogens with zero attached hydrogens (tertiary/aromatic N) is 1. The first kappa shape index (κ1) is 7.53. The van der Waals surface area contributed by atoms with Gasteiger partial charge in [0.05, 0.1) is 5.54 Å². The fraction of sp³-hybridized carbons (Fsp3) is 1.00. The standard InChI is InChI=1S/C8H17N3/c1-2-11-6-8(7-11)5-9-3-4-10-8/h9-10H,2-7H2,1H3. The molecule has 0 radical (unpaired) electrons. The van der Waals surface area contributed by atoms with Crippen LogP contribution >= 0.6 is 0 Å². The predicted molar refractivity (Wildman–Crippen MR) is 45.7 cm³/mol. The SMILES string of the molecule is CCN1CC2(CNCCN2)C1. The van der Waals surface area contributed by atoms with Crippen molar-refractivity contribution in [3.05, 3.63) is 0 Å². The molecule has 0 bridgehead atoms. The summed E-state index contributed by atoms with van der Waals surface area (Å²) in [7, 11) is 0. The van der Waals surface area contributed by atoms with Crippen molar-refractivity contribution in [1.82, 2.24) is 15.5 Å². The van der Waals surface area contributed by atoms with Gasteiger partial charge in [0.1, 0.15) is 0 Å². The second-order valence-electron chi connectivity index (χ2n) is 3.69. The zero-order valence-electron chi connectivity index (χ0n) is 7.19. The van der Waals surface area contributed by atoms with Crippen molar-refractivity contribution >= 4 is 0 Å². The lowest BCUT2D eigenvalue weighted by atomic mass is 9.88. The van der Waals surface area contributed by atoms with Crippen LogP contribution in [0.1, 0.15) is 6.92 Å². The van der Waals surface area contributed by atoms with Crippen molar-refractivity contribution < 1.29 is 0 Å². The zero-order chi connectivity index (χ0) is 7.73. The van der Waals surface area contributed by atoms with Gasteiger partial charge in [0.15, 0.2) is 0 Å². The van der Waals surface area contributed by atoms with Gasteiger partial charge in [-0.25, -0.2) is 0 Å². The van der Waals surface area contributed by atoms with Crippen LogP contribution in [0.15, 0.2) is 0 Å². The highest BCUT2D eigenvalue weighted by Crippen LogP contribution is 2.20. The molecule has 2 aliphatic rings. The summed E-state index contributed by atoms with van der Waals surface area (Å²) < 4.78 is 0. The lowest BCUT2D eigenvalue weighted by molar-refractivity contribution is 0.0360. The summed E-state index contributed by atoms with van der Waals surface area (Å²) >= 11 is 0. The molecule has 1 spiro atoms. The summed E-state index contributed by atoms with van der Waals surface area (Å²) in [5.41, 5.74) is 0.439. The zero-order valence-corrected chi connectivity index (χ0v) is 7.19. The second kappa shape index (κ2) is 2.73.